The summed E-state index contributed by atoms with van der Waals surface area (Å²) >= 11 is 0. The maximum absolute atomic E-state index is 5.53. The first-order valence-corrected chi connectivity index (χ1v) is 6.28. The Balaban J connectivity index is 1.82. The Morgan fingerprint density at radius 2 is 2.06 bits per heavy atom. The van der Waals surface area contributed by atoms with Gasteiger partial charge in [0, 0.05) is 11.6 Å². The quantitative estimate of drug-likeness (QED) is 0.823. The van der Waals surface area contributed by atoms with Crippen LogP contribution in [0.2, 0.25) is 0 Å². The molecular weight excluding hydrogens is 216 g/mol. The third kappa shape index (κ3) is 4.00. The number of anilines is 1. The Bertz CT molecular complexity index is 365. The van der Waals surface area contributed by atoms with Crippen LogP contribution < -0.4 is 10.6 Å². The predicted molar refractivity (Wildman–Crippen MR) is 66.7 cm³/mol. The zero-order chi connectivity index (χ0) is 12.5. The van der Waals surface area contributed by atoms with Gasteiger partial charge in [-0.1, -0.05) is 5.10 Å². The molecule has 2 N–H and O–H groups in total. The summed E-state index contributed by atoms with van der Waals surface area (Å²) in [5.41, 5.74) is 0.0589. The van der Waals surface area contributed by atoms with Crippen LogP contribution >= 0.6 is 0 Å². The summed E-state index contributed by atoms with van der Waals surface area (Å²) in [6.07, 6.45) is 2.61. The lowest BCUT2D eigenvalue weighted by Gasteiger charge is -2.18. The molecule has 0 saturated heterocycles. The van der Waals surface area contributed by atoms with E-state index < -0.39 is 0 Å². The van der Waals surface area contributed by atoms with Crippen molar-refractivity contribution in [2.24, 2.45) is 5.92 Å². The molecule has 5 nitrogen and oxygen atoms in total. The van der Waals surface area contributed by atoms with Crippen LogP contribution in [0.1, 0.15) is 46.4 Å². The van der Waals surface area contributed by atoms with E-state index in [1.54, 1.807) is 0 Å². The van der Waals surface area contributed by atoms with Crippen molar-refractivity contribution in [2.75, 3.05) is 5.32 Å². The van der Waals surface area contributed by atoms with E-state index in [1.807, 2.05) is 0 Å². The maximum Gasteiger partial charge on any atom is 0.315 e. The van der Waals surface area contributed by atoms with Gasteiger partial charge < -0.3 is 15.1 Å². The number of aromatic nitrogens is 2. The highest BCUT2D eigenvalue weighted by Gasteiger charge is 2.28. The molecule has 0 amide bonds. The molecular formula is C12H22N4O. The SMILES string of the molecule is CC(Nc1nnc(CNC(C)(C)C)o1)C1CC1. The summed E-state index contributed by atoms with van der Waals surface area (Å²) in [6, 6.07) is 0.967. The van der Waals surface area contributed by atoms with Crippen molar-refractivity contribution in [3.63, 3.8) is 0 Å². The standard InChI is InChI=1S/C12H22N4O/c1-8(9-5-6-9)14-11-16-15-10(17-11)7-13-12(2,3)4/h8-9,13H,5-7H2,1-4H3,(H,14,16). The molecule has 1 aromatic rings. The molecule has 0 spiro atoms. The van der Waals surface area contributed by atoms with Gasteiger partial charge in [-0.25, -0.2) is 0 Å². The van der Waals surface area contributed by atoms with Crippen LogP contribution in [0.5, 0.6) is 0 Å². The Kier molecular flexibility index (Phi) is 3.38. The van der Waals surface area contributed by atoms with Crippen LogP contribution in [0.25, 0.3) is 0 Å². The van der Waals surface area contributed by atoms with E-state index in [4.69, 9.17) is 4.42 Å². The van der Waals surface area contributed by atoms with Crippen LogP contribution in [0, 0.1) is 5.92 Å². The van der Waals surface area contributed by atoms with E-state index in [0.717, 1.165) is 5.92 Å². The van der Waals surface area contributed by atoms with Crippen LogP contribution in [0.4, 0.5) is 6.01 Å². The molecule has 1 unspecified atom stereocenters. The average molecular weight is 238 g/mol. The summed E-state index contributed by atoms with van der Waals surface area (Å²) in [5.74, 6) is 1.41. The molecule has 0 bridgehead atoms. The van der Waals surface area contributed by atoms with Crippen LogP contribution in [-0.4, -0.2) is 21.8 Å². The van der Waals surface area contributed by atoms with Crippen LogP contribution in [-0.2, 0) is 6.54 Å². The zero-order valence-electron chi connectivity index (χ0n) is 11.1. The molecule has 5 heteroatoms. The van der Waals surface area contributed by atoms with Gasteiger partial charge in [0.05, 0.1) is 6.54 Å². The number of rotatable bonds is 5. The largest absolute Gasteiger partial charge is 0.407 e. The summed E-state index contributed by atoms with van der Waals surface area (Å²) in [7, 11) is 0. The first-order valence-electron chi connectivity index (χ1n) is 6.28. The molecule has 1 saturated carbocycles. The lowest BCUT2D eigenvalue weighted by atomic mass is 10.1. The third-order valence-electron chi connectivity index (χ3n) is 2.92. The smallest absolute Gasteiger partial charge is 0.315 e. The summed E-state index contributed by atoms with van der Waals surface area (Å²) < 4.78 is 5.53. The first kappa shape index (κ1) is 12.4. The topological polar surface area (TPSA) is 63.0 Å². The second kappa shape index (κ2) is 4.64. The number of hydrogen-bond acceptors (Lipinski definition) is 5. The molecule has 2 rings (SSSR count). The van der Waals surface area contributed by atoms with Gasteiger partial charge in [-0.15, -0.1) is 5.10 Å². The fourth-order valence-electron chi connectivity index (χ4n) is 1.63. The molecule has 96 valence electrons. The van der Waals surface area contributed by atoms with Gasteiger partial charge >= 0.3 is 6.01 Å². The molecule has 1 aromatic heterocycles. The Hall–Kier alpha value is -1.10. The molecule has 1 aliphatic carbocycles. The van der Waals surface area contributed by atoms with E-state index in [1.165, 1.54) is 12.8 Å². The van der Waals surface area contributed by atoms with E-state index in [0.29, 0.717) is 24.5 Å². The lowest BCUT2D eigenvalue weighted by molar-refractivity contribution is 0.383. The predicted octanol–water partition coefficient (Wildman–Crippen LogP) is 2.17. The van der Waals surface area contributed by atoms with E-state index in [-0.39, 0.29) is 5.54 Å². The first-order chi connectivity index (χ1) is 7.94. The van der Waals surface area contributed by atoms with Gasteiger partial charge in [-0.2, -0.15) is 0 Å². The molecule has 1 fully saturated rings. The second-order valence-electron chi connectivity index (χ2n) is 5.87. The summed E-state index contributed by atoms with van der Waals surface area (Å²) in [6.45, 7) is 9.10. The normalized spacial score (nSPS) is 18.1. The maximum atomic E-state index is 5.53. The monoisotopic (exact) mass is 238 g/mol. The summed E-state index contributed by atoms with van der Waals surface area (Å²) in [5, 5.41) is 14.6. The third-order valence-corrected chi connectivity index (χ3v) is 2.92. The van der Waals surface area contributed by atoms with Crippen molar-refractivity contribution >= 4 is 6.01 Å². The highest BCUT2D eigenvalue weighted by molar-refractivity contribution is 5.20. The minimum Gasteiger partial charge on any atom is -0.407 e. The minimum absolute atomic E-state index is 0.0589. The van der Waals surface area contributed by atoms with Gasteiger partial charge in [0.1, 0.15) is 0 Å². The van der Waals surface area contributed by atoms with Gasteiger partial charge in [-0.05, 0) is 46.5 Å². The van der Waals surface area contributed by atoms with Crippen molar-refractivity contribution in [1.29, 1.82) is 0 Å². The van der Waals surface area contributed by atoms with Crippen molar-refractivity contribution in [3.05, 3.63) is 5.89 Å². The fraction of sp³-hybridized carbons (Fsp3) is 0.833. The van der Waals surface area contributed by atoms with Gasteiger partial charge in [-0.3, -0.25) is 0 Å². The van der Waals surface area contributed by atoms with Crippen molar-refractivity contribution < 1.29 is 4.42 Å². The van der Waals surface area contributed by atoms with Crippen molar-refractivity contribution in [2.45, 2.75) is 58.7 Å². The van der Waals surface area contributed by atoms with Crippen LogP contribution in [0.3, 0.4) is 0 Å². The van der Waals surface area contributed by atoms with E-state index in [9.17, 15) is 0 Å². The summed E-state index contributed by atoms with van der Waals surface area (Å²) in [4.78, 5) is 0. The molecule has 0 aromatic carbocycles. The van der Waals surface area contributed by atoms with Crippen LogP contribution in [0.15, 0.2) is 4.42 Å². The highest BCUT2D eigenvalue weighted by Crippen LogP contribution is 2.33. The van der Waals surface area contributed by atoms with Crippen molar-refractivity contribution in [1.82, 2.24) is 15.5 Å². The number of nitrogens with one attached hydrogen (secondary N) is 2. The molecule has 1 aliphatic rings. The molecule has 1 heterocycles. The lowest BCUT2D eigenvalue weighted by Crippen LogP contribution is -2.35. The van der Waals surface area contributed by atoms with E-state index in [2.05, 4.69) is 48.5 Å². The highest BCUT2D eigenvalue weighted by atomic mass is 16.4. The molecule has 17 heavy (non-hydrogen) atoms. The Morgan fingerprint density at radius 1 is 1.35 bits per heavy atom. The van der Waals surface area contributed by atoms with Crippen molar-refractivity contribution in [3.8, 4) is 0 Å². The van der Waals surface area contributed by atoms with Gasteiger partial charge in [0.25, 0.3) is 0 Å². The van der Waals surface area contributed by atoms with Gasteiger partial charge in [0.15, 0.2) is 0 Å². The second-order valence-corrected chi connectivity index (χ2v) is 5.87. The zero-order valence-corrected chi connectivity index (χ0v) is 11.1. The molecule has 0 aliphatic heterocycles. The molecule has 0 radical (unpaired) electrons. The minimum atomic E-state index is 0.0589. The Morgan fingerprint density at radius 3 is 2.65 bits per heavy atom. The number of nitrogens with zero attached hydrogens (tertiary/aromatic N) is 2. The average Bonchev–Trinajstić information content (AvgIpc) is 2.97. The molecule has 1 atom stereocenters. The fourth-order valence-corrected chi connectivity index (χ4v) is 1.63. The Labute approximate surface area is 102 Å². The number of hydrogen-bond donors (Lipinski definition) is 2. The van der Waals surface area contributed by atoms with Gasteiger partial charge in [0.2, 0.25) is 5.89 Å². The van der Waals surface area contributed by atoms with E-state index >= 15 is 0 Å².